The number of rotatable bonds is 9. The molecule has 0 aromatic heterocycles. The minimum atomic E-state index is 0.0671. The maximum absolute atomic E-state index is 11.1. The predicted octanol–water partition coefficient (Wildman–Crippen LogP) is 2.88. The Morgan fingerprint density at radius 2 is 1.74 bits per heavy atom. The van der Waals surface area contributed by atoms with E-state index in [9.17, 15) is 4.79 Å². The van der Waals surface area contributed by atoms with Gasteiger partial charge in [-0.05, 0) is 29.7 Å². The average Bonchev–Trinajstić information content (AvgIpc) is 2.61. The van der Waals surface area contributed by atoms with Crippen molar-refractivity contribution in [1.29, 1.82) is 0 Å². The van der Waals surface area contributed by atoms with E-state index < -0.39 is 0 Å². The Bertz CT molecular complexity index is 582. The summed E-state index contributed by atoms with van der Waals surface area (Å²) >= 11 is 0. The molecule has 2 N–H and O–H groups in total. The van der Waals surface area contributed by atoms with Crippen LogP contribution in [0.3, 0.4) is 0 Å². The molecule has 0 bridgehead atoms. The summed E-state index contributed by atoms with van der Waals surface area (Å²) in [5, 5.41) is 5.99. The minimum Gasteiger partial charge on any atom is -0.489 e. The lowest BCUT2D eigenvalue weighted by Crippen LogP contribution is -2.34. The van der Waals surface area contributed by atoms with Gasteiger partial charge in [-0.15, -0.1) is 0 Å². The molecule has 2 aromatic rings. The first-order valence-electron chi connectivity index (χ1n) is 8.01. The molecule has 23 heavy (non-hydrogen) atoms. The Hall–Kier alpha value is -2.33. The van der Waals surface area contributed by atoms with E-state index >= 15 is 0 Å². The molecule has 4 nitrogen and oxygen atoms in total. The fourth-order valence-electron chi connectivity index (χ4n) is 2.10. The van der Waals surface area contributed by atoms with Gasteiger partial charge in [-0.2, -0.15) is 0 Å². The van der Waals surface area contributed by atoms with Crippen LogP contribution in [0.5, 0.6) is 5.75 Å². The van der Waals surface area contributed by atoms with E-state index in [0.717, 1.165) is 24.3 Å². The maximum Gasteiger partial charge on any atom is 0.220 e. The Morgan fingerprint density at radius 1 is 1.00 bits per heavy atom. The lowest BCUT2D eigenvalue weighted by atomic mass is 10.1. The molecule has 0 aliphatic carbocycles. The molecule has 2 rings (SSSR count). The molecule has 2 aromatic carbocycles. The summed E-state index contributed by atoms with van der Waals surface area (Å²) < 4.78 is 5.77. The van der Waals surface area contributed by atoms with Crippen molar-refractivity contribution >= 4 is 5.91 Å². The van der Waals surface area contributed by atoms with Crippen molar-refractivity contribution in [2.24, 2.45) is 0 Å². The number of nitrogens with one attached hydrogen (secondary N) is 2. The van der Waals surface area contributed by atoms with Gasteiger partial charge in [0, 0.05) is 13.0 Å². The molecule has 0 fully saturated rings. The molecule has 0 atom stereocenters. The zero-order chi connectivity index (χ0) is 16.3. The van der Waals surface area contributed by atoms with Crippen LogP contribution in [0.1, 0.15) is 24.5 Å². The highest BCUT2D eigenvalue weighted by Crippen LogP contribution is 2.14. The highest BCUT2D eigenvalue weighted by Gasteiger charge is 1.98. The zero-order valence-corrected chi connectivity index (χ0v) is 13.5. The standard InChI is InChI=1S/C19H24N2O2/c1-2-19(22)21-15-20-13-12-16-8-10-18(11-9-16)23-14-17-6-4-3-5-7-17/h3-11,20H,2,12-15H2,1H3,(H,21,22). The molecular weight excluding hydrogens is 288 g/mol. The topological polar surface area (TPSA) is 50.4 Å². The molecule has 122 valence electrons. The van der Waals surface area contributed by atoms with Crippen molar-refractivity contribution in [3.63, 3.8) is 0 Å². The molecule has 0 aliphatic heterocycles. The van der Waals surface area contributed by atoms with Crippen LogP contribution < -0.4 is 15.4 Å². The van der Waals surface area contributed by atoms with Crippen LogP contribution in [0.4, 0.5) is 0 Å². The molecule has 4 heteroatoms. The SMILES string of the molecule is CCC(=O)NCNCCc1ccc(OCc2ccccc2)cc1. The molecule has 0 spiro atoms. The molecule has 0 aliphatic rings. The first-order valence-corrected chi connectivity index (χ1v) is 8.01. The number of benzene rings is 2. The molecular formula is C19H24N2O2. The Labute approximate surface area is 137 Å². The number of hydrogen-bond acceptors (Lipinski definition) is 3. The van der Waals surface area contributed by atoms with E-state index in [4.69, 9.17) is 4.74 Å². The third-order valence-electron chi connectivity index (χ3n) is 3.49. The van der Waals surface area contributed by atoms with Gasteiger partial charge >= 0.3 is 0 Å². The summed E-state index contributed by atoms with van der Waals surface area (Å²) in [5.41, 5.74) is 2.40. The Morgan fingerprint density at radius 3 is 2.43 bits per heavy atom. The molecule has 0 saturated carbocycles. The number of ether oxygens (including phenoxy) is 1. The van der Waals surface area contributed by atoms with Crippen LogP contribution in [0.15, 0.2) is 54.6 Å². The molecule has 0 saturated heterocycles. The minimum absolute atomic E-state index is 0.0671. The van der Waals surface area contributed by atoms with Crippen LogP contribution >= 0.6 is 0 Å². The van der Waals surface area contributed by atoms with Gasteiger partial charge in [-0.3, -0.25) is 10.1 Å². The van der Waals surface area contributed by atoms with E-state index in [-0.39, 0.29) is 5.91 Å². The lowest BCUT2D eigenvalue weighted by molar-refractivity contribution is -0.120. The largest absolute Gasteiger partial charge is 0.489 e. The monoisotopic (exact) mass is 312 g/mol. The van der Waals surface area contributed by atoms with Crippen LogP contribution in [-0.2, 0) is 17.8 Å². The van der Waals surface area contributed by atoms with Crippen molar-refractivity contribution in [3.05, 3.63) is 65.7 Å². The van der Waals surface area contributed by atoms with Gasteiger partial charge in [0.25, 0.3) is 0 Å². The second-order valence-electron chi connectivity index (χ2n) is 5.30. The van der Waals surface area contributed by atoms with Crippen molar-refractivity contribution in [3.8, 4) is 5.75 Å². The maximum atomic E-state index is 11.1. The third-order valence-corrected chi connectivity index (χ3v) is 3.49. The Kier molecular flexibility index (Phi) is 7.14. The van der Waals surface area contributed by atoms with E-state index in [1.165, 1.54) is 5.56 Å². The summed E-state index contributed by atoms with van der Waals surface area (Å²) in [7, 11) is 0. The van der Waals surface area contributed by atoms with Crippen LogP contribution in [0, 0.1) is 0 Å². The average molecular weight is 312 g/mol. The van der Waals surface area contributed by atoms with Crippen molar-refractivity contribution in [2.45, 2.75) is 26.4 Å². The normalized spacial score (nSPS) is 10.3. The molecule has 1 amide bonds. The number of amides is 1. The Balaban J connectivity index is 1.67. The zero-order valence-electron chi connectivity index (χ0n) is 13.5. The van der Waals surface area contributed by atoms with E-state index in [1.54, 1.807) is 0 Å². The lowest BCUT2D eigenvalue weighted by Gasteiger charge is -2.08. The molecule has 0 unspecified atom stereocenters. The molecule has 0 heterocycles. The first kappa shape index (κ1) is 17.0. The summed E-state index contributed by atoms with van der Waals surface area (Å²) in [6.45, 7) is 3.77. The first-order chi connectivity index (χ1) is 11.3. The summed E-state index contributed by atoms with van der Waals surface area (Å²) in [6.07, 6.45) is 1.44. The third kappa shape index (κ3) is 6.53. The van der Waals surface area contributed by atoms with Crippen LogP contribution in [-0.4, -0.2) is 19.1 Å². The van der Waals surface area contributed by atoms with Gasteiger partial charge in [0.15, 0.2) is 0 Å². The van der Waals surface area contributed by atoms with E-state index in [1.807, 2.05) is 37.3 Å². The van der Waals surface area contributed by atoms with Gasteiger partial charge in [-0.1, -0.05) is 49.4 Å². The van der Waals surface area contributed by atoms with Crippen molar-refractivity contribution < 1.29 is 9.53 Å². The number of hydrogen-bond donors (Lipinski definition) is 2. The predicted molar refractivity (Wildman–Crippen MR) is 92.2 cm³/mol. The summed E-state index contributed by atoms with van der Waals surface area (Å²) in [4.78, 5) is 11.1. The second kappa shape index (κ2) is 9.64. The summed E-state index contributed by atoms with van der Waals surface area (Å²) in [6, 6.07) is 18.3. The van der Waals surface area contributed by atoms with E-state index in [0.29, 0.717) is 19.7 Å². The quantitative estimate of drug-likeness (QED) is 0.553. The second-order valence-corrected chi connectivity index (χ2v) is 5.30. The van der Waals surface area contributed by atoms with Gasteiger partial charge in [0.05, 0.1) is 6.67 Å². The van der Waals surface area contributed by atoms with Gasteiger partial charge in [0.2, 0.25) is 5.91 Å². The fraction of sp³-hybridized carbons (Fsp3) is 0.316. The van der Waals surface area contributed by atoms with Gasteiger partial charge < -0.3 is 10.1 Å². The van der Waals surface area contributed by atoms with Gasteiger partial charge in [-0.25, -0.2) is 0 Å². The van der Waals surface area contributed by atoms with E-state index in [2.05, 4.69) is 34.9 Å². The number of carbonyl (C=O) groups is 1. The van der Waals surface area contributed by atoms with Crippen molar-refractivity contribution in [2.75, 3.05) is 13.2 Å². The highest BCUT2D eigenvalue weighted by atomic mass is 16.5. The smallest absolute Gasteiger partial charge is 0.220 e. The van der Waals surface area contributed by atoms with Crippen LogP contribution in [0.2, 0.25) is 0 Å². The van der Waals surface area contributed by atoms with Crippen molar-refractivity contribution in [1.82, 2.24) is 10.6 Å². The summed E-state index contributed by atoms with van der Waals surface area (Å²) in [5.74, 6) is 0.943. The fourth-order valence-corrected chi connectivity index (χ4v) is 2.10. The molecule has 0 radical (unpaired) electrons. The number of carbonyl (C=O) groups excluding carboxylic acids is 1. The highest BCUT2D eigenvalue weighted by molar-refractivity contribution is 5.75. The van der Waals surface area contributed by atoms with Gasteiger partial charge in [0.1, 0.15) is 12.4 Å². The van der Waals surface area contributed by atoms with Crippen LogP contribution in [0.25, 0.3) is 0 Å².